The van der Waals surface area contributed by atoms with Crippen molar-refractivity contribution in [3.8, 4) is 0 Å². The molecule has 0 spiro atoms. The first-order valence-corrected chi connectivity index (χ1v) is 6.73. The quantitative estimate of drug-likeness (QED) is 0.876. The molecule has 4 heteroatoms. The van der Waals surface area contributed by atoms with Gasteiger partial charge in [0.2, 0.25) is 0 Å². The van der Waals surface area contributed by atoms with Crippen LogP contribution < -0.4 is 5.32 Å². The minimum Gasteiger partial charge on any atom is -0.478 e. The van der Waals surface area contributed by atoms with Crippen molar-refractivity contribution in [3.63, 3.8) is 0 Å². The van der Waals surface area contributed by atoms with Crippen molar-refractivity contribution in [1.29, 1.82) is 0 Å². The molecule has 1 aliphatic rings. The topological polar surface area (TPSA) is 58.6 Å². The second-order valence-corrected chi connectivity index (χ2v) is 5.25. The summed E-state index contributed by atoms with van der Waals surface area (Å²) in [5.74, 6) is -0.880. The summed E-state index contributed by atoms with van der Waals surface area (Å²) in [5.41, 5.74) is 2.21. The van der Waals surface area contributed by atoms with E-state index in [4.69, 9.17) is 9.84 Å². The second kappa shape index (κ2) is 6.06. The van der Waals surface area contributed by atoms with E-state index in [9.17, 15) is 4.79 Å². The third-order valence-corrected chi connectivity index (χ3v) is 3.70. The highest BCUT2D eigenvalue weighted by atomic mass is 16.5. The minimum atomic E-state index is -0.880. The lowest BCUT2D eigenvalue weighted by Gasteiger charge is -2.29. The molecular weight excluding hydrogens is 242 g/mol. The summed E-state index contributed by atoms with van der Waals surface area (Å²) >= 11 is 0. The van der Waals surface area contributed by atoms with Crippen LogP contribution in [0.1, 0.15) is 41.6 Å². The fourth-order valence-corrected chi connectivity index (χ4v) is 2.67. The van der Waals surface area contributed by atoms with Crippen LogP contribution in [0.15, 0.2) is 18.2 Å². The van der Waals surface area contributed by atoms with Gasteiger partial charge in [0.1, 0.15) is 0 Å². The third kappa shape index (κ3) is 3.70. The number of carboxylic acid groups (broad SMARTS) is 1. The van der Waals surface area contributed by atoms with Crippen LogP contribution in [0.25, 0.3) is 0 Å². The van der Waals surface area contributed by atoms with Gasteiger partial charge in [0.05, 0.1) is 11.7 Å². The van der Waals surface area contributed by atoms with Crippen molar-refractivity contribution in [2.75, 3.05) is 12.4 Å². The average Bonchev–Trinajstić information content (AvgIpc) is 2.39. The van der Waals surface area contributed by atoms with E-state index in [1.54, 1.807) is 19.2 Å². The highest BCUT2D eigenvalue weighted by molar-refractivity contribution is 5.89. The molecule has 0 heterocycles. The van der Waals surface area contributed by atoms with Crippen molar-refractivity contribution < 1.29 is 14.6 Å². The Morgan fingerprint density at radius 1 is 1.26 bits per heavy atom. The Hall–Kier alpha value is -1.55. The number of hydrogen-bond acceptors (Lipinski definition) is 3. The van der Waals surface area contributed by atoms with Crippen LogP contribution in [0.3, 0.4) is 0 Å². The summed E-state index contributed by atoms with van der Waals surface area (Å²) in [7, 11) is 1.76. The van der Waals surface area contributed by atoms with E-state index in [1.165, 1.54) is 0 Å². The van der Waals surface area contributed by atoms with Gasteiger partial charge in [-0.1, -0.05) is 0 Å². The molecule has 0 unspecified atom stereocenters. The molecule has 104 valence electrons. The molecule has 2 N–H and O–H groups in total. The van der Waals surface area contributed by atoms with Gasteiger partial charge in [-0.25, -0.2) is 4.79 Å². The molecule has 0 aromatic heterocycles. The lowest BCUT2D eigenvalue weighted by Crippen LogP contribution is -2.29. The summed E-state index contributed by atoms with van der Waals surface area (Å²) < 4.78 is 5.35. The van der Waals surface area contributed by atoms with Crippen molar-refractivity contribution in [1.82, 2.24) is 0 Å². The van der Waals surface area contributed by atoms with E-state index < -0.39 is 5.97 Å². The molecule has 2 rings (SSSR count). The van der Waals surface area contributed by atoms with E-state index in [2.05, 4.69) is 5.32 Å². The fraction of sp³-hybridized carbons (Fsp3) is 0.533. The number of ether oxygens (including phenoxy) is 1. The van der Waals surface area contributed by atoms with Gasteiger partial charge in [0.25, 0.3) is 0 Å². The van der Waals surface area contributed by atoms with Gasteiger partial charge in [0, 0.05) is 18.8 Å². The maximum Gasteiger partial charge on any atom is 0.335 e. The maximum absolute atomic E-state index is 11.0. The maximum atomic E-state index is 11.0. The number of carboxylic acids is 1. The molecule has 1 aromatic carbocycles. The summed E-state index contributed by atoms with van der Waals surface area (Å²) in [6.45, 7) is 1.92. The van der Waals surface area contributed by atoms with Crippen molar-refractivity contribution >= 4 is 11.7 Å². The zero-order valence-corrected chi connectivity index (χ0v) is 11.5. The molecule has 0 saturated heterocycles. The normalized spacial score (nSPS) is 23.1. The first kappa shape index (κ1) is 13.9. The van der Waals surface area contributed by atoms with Gasteiger partial charge in [-0.2, -0.15) is 0 Å². The van der Waals surface area contributed by atoms with Crippen LogP contribution in [-0.2, 0) is 4.74 Å². The molecule has 1 aromatic rings. The minimum absolute atomic E-state index is 0.341. The largest absolute Gasteiger partial charge is 0.478 e. The smallest absolute Gasteiger partial charge is 0.335 e. The van der Waals surface area contributed by atoms with Crippen molar-refractivity contribution in [2.24, 2.45) is 0 Å². The third-order valence-electron chi connectivity index (χ3n) is 3.70. The molecule has 4 nitrogen and oxygen atoms in total. The molecule has 19 heavy (non-hydrogen) atoms. The van der Waals surface area contributed by atoms with Crippen LogP contribution in [0.5, 0.6) is 0 Å². The lowest BCUT2D eigenvalue weighted by atomic mass is 9.92. The van der Waals surface area contributed by atoms with E-state index in [0.717, 1.165) is 36.9 Å². The van der Waals surface area contributed by atoms with Crippen molar-refractivity contribution in [3.05, 3.63) is 29.3 Å². The first-order valence-electron chi connectivity index (χ1n) is 6.73. The van der Waals surface area contributed by atoms with Crippen LogP contribution >= 0.6 is 0 Å². The number of hydrogen-bond donors (Lipinski definition) is 2. The SMILES string of the molecule is COC1CCC(Nc2cc(C)cc(C(=O)O)c2)CC1. The Morgan fingerprint density at radius 2 is 1.95 bits per heavy atom. The summed E-state index contributed by atoms with van der Waals surface area (Å²) in [5, 5.41) is 12.5. The van der Waals surface area contributed by atoms with E-state index in [-0.39, 0.29) is 0 Å². The number of rotatable bonds is 4. The van der Waals surface area contributed by atoms with Crippen LogP contribution in [0.4, 0.5) is 5.69 Å². The van der Waals surface area contributed by atoms with Crippen LogP contribution in [0.2, 0.25) is 0 Å². The molecule has 1 fully saturated rings. The number of aryl methyl sites for hydroxylation is 1. The Morgan fingerprint density at radius 3 is 2.53 bits per heavy atom. The highest BCUT2D eigenvalue weighted by Crippen LogP contribution is 2.24. The van der Waals surface area contributed by atoms with Gasteiger partial charge < -0.3 is 15.2 Å². The summed E-state index contributed by atoms with van der Waals surface area (Å²) in [6.07, 6.45) is 4.63. The molecule has 0 amide bonds. The van der Waals surface area contributed by atoms with E-state index >= 15 is 0 Å². The average molecular weight is 263 g/mol. The van der Waals surface area contributed by atoms with E-state index in [0.29, 0.717) is 17.7 Å². The molecular formula is C15H21NO3. The molecule has 0 bridgehead atoms. The first-order chi connectivity index (χ1) is 9.08. The second-order valence-electron chi connectivity index (χ2n) is 5.25. The molecule has 0 radical (unpaired) electrons. The van der Waals surface area contributed by atoms with Crippen LogP contribution in [-0.4, -0.2) is 30.3 Å². The molecule has 1 aliphatic carbocycles. The van der Waals surface area contributed by atoms with Gasteiger partial charge in [-0.3, -0.25) is 0 Å². The van der Waals surface area contributed by atoms with Gasteiger partial charge in [-0.15, -0.1) is 0 Å². The summed E-state index contributed by atoms with van der Waals surface area (Å²) in [6, 6.07) is 5.80. The van der Waals surface area contributed by atoms with Crippen LogP contribution in [0, 0.1) is 6.92 Å². The Kier molecular flexibility index (Phi) is 4.43. The molecule has 0 atom stereocenters. The molecule has 1 saturated carbocycles. The lowest BCUT2D eigenvalue weighted by molar-refractivity contribution is 0.0682. The Labute approximate surface area is 113 Å². The number of aromatic carboxylic acids is 1. The number of methoxy groups -OCH3 is 1. The predicted molar refractivity (Wildman–Crippen MR) is 74.8 cm³/mol. The van der Waals surface area contributed by atoms with Gasteiger partial charge in [-0.05, 0) is 56.4 Å². The number of benzene rings is 1. The predicted octanol–water partition coefficient (Wildman–Crippen LogP) is 3.06. The molecule has 0 aliphatic heterocycles. The standard InChI is InChI=1S/C15H21NO3/c1-10-7-11(15(17)18)9-13(8-10)16-12-3-5-14(19-2)6-4-12/h7-9,12,14,16H,3-6H2,1-2H3,(H,17,18). The number of carbonyl (C=O) groups is 1. The van der Waals surface area contributed by atoms with Gasteiger partial charge in [0.15, 0.2) is 0 Å². The number of anilines is 1. The zero-order valence-electron chi connectivity index (χ0n) is 11.5. The fourth-order valence-electron chi connectivity index (χ4n) is 2.67. The Balaban J connectivity index is 2.01. The van der Waals surface area contributed by atoms with E-state index in [1.807, 2.05) is 13.0 Å². The highest BCUT2D eigenvalue weighted by Gasteiger charge is 2.20. The Bertz CT molecular complexity index is 451. The van der Waals surface area contributed by atoms with Crippen molar-refractivity contribution in [2.45, 2.75) is 44.8 Å². The number of nitrogens with one attached hydrogen (secondary N) is 1. The summed E-state index contributed by atoms with van der Waals surface area (Å²) in [4.78, 5) is 11.0. The zero-order chi connectivity index (χ0) is 13.8. The monoisotopic (exact) mass is 263 g/mol. The van der Waals surface area contributed by atoms with Gasteiger partial charge >= 0.3 is 5.97 Å².